The number of carboxylic acids is 1. The lowest BCUT2D eigenvalue weighted by Crippen LogP contribution is -2.21. The standard InChI is InChI=1S/C17H21N5.C2HF3O2/c1-9-5-10(2)14(11(3)6-9)15-13(7-18)16(19)22-17(21-15)12(4)8-20-22;3-2(4,5)1(6)7/h5-6,8H,7,18-19H2,1-4H3;(H,6,7). The van der Waals surface area contributed by atoms with Crippen LogP contribution < -0.4 is 11.5 Å². The van der Waals surface area contributed by atoms with E-state index in [9.17, 15) is 13.2 Å². The molecule has 3 aromatic rings. The van der Waals surface area contributed by atoms with Gasteiger partial charge in [-0.3, -0.25) is 0 Å². The van der Waals surface area contributed by atoms with Gasteiger partial charge in [-0.25, -0.2) is 9.78 Å². The topological polar surface area (TPSA) is 120 Å². The number of aryl methyl sites for hydroxylation is 4. The van der Waals surface area contributed by atoms with Gasteiger partial charge in [0.15, 0.2) is 5.65 Å². The second kappa shape index (κ2) is 8.08. The third-order valence-corrected chi connectivity index (χ3v) is 4.32. The van der Waals surface area contributed by atoms with Crippen molar-refractivity contribution in [1.29, 1.82) is 0 Å². The Balaban J connectivity index is 0.000000370. The highest BCUT2D eigenvalue weighted by Gasteiger charge is 2.38. The zero-order chi connectivity index (χ0) is 22.1. The molecule has 29 heavy (non-hydrogen) atoms. The second-order valence-electron chi connectivity index (χ2n) is 6.67. The largest absolute Gasteiger partial charge is 0.490 e. The molecule has 0 saturated carbocycles. The summed E-state index contributed by atoms with van der Waals surface area (Å²) >= 11 is 0. The van der Waals surface area contributed by atoms with Crippen molar-refractivity contribution in [2.24, 2.45) is 5.73 Å². The number of hydrogen-bond acceptors (Lipinski definition) is 5. The van der Waals surface area contributed by atoms with Crippen LogP contribution in [0.5, 0.6) is 0 Å². The fraction of sp³-hybridized carbons (Fsp3) is 0.316. The van der Waals surface area contributed by atoms with Crippen molar-refractivity contribution in [2.75, 3.05) is 5.73 Å². The first-order chi connectivity index (χ1) is 13.4. The summed E-state index contributed by atoms with van der Waals surface area (Å²) in [4.78, 5) is 13.7. The molecule has 0 aliphatic heterocycles. The minimum atomic E-state index is -5.08. The molecular weight excluding hydrogens is 387 g/mol. The van der Waals surface area contributed by atoms with Crippen LogP contribution in [0.25, 0.3) is 16.9 Å². The zero-order valence-corrected chi connectivity index (χ0v) is 16.4. The molecule has 2 aromatic heterocycles. The van der Waals surface area contributed by atoms with Gasteiger partial charge in [0.1, 0.15) is 5.82 Å². The molecule has 0 atom stereocenters. The van der Waals surface area contributed by atoms with Crippen LogP contribution >= 0.6 is 0 Å². The zero-order valence-electron chi connectivity index (χ0n) is 16.4. The fourth-order valence-electron chi connectivity index (χ4n) is 3.12. The lowest BCUT2D eigenvalue weighted by atomic mass is 9.94. The second-order valence-corrected chi connectivity index (χ2v) is 6.67. The van der Waals surface area contributed by atoms with Crippen LogP contribution in [-0.2, 0) is 11.3 Å². The van der Waals surface area contributed by atoms with E-state index in [1.807, 2.05) is 6.92 Å². The van der Waals surface area contributed by atoms with E-state index in [0.717, 1.165) is 28.0 Å². The molecule has 0 unspecified atom stereocenters. The monoisotopic (exact) mass is 409 g/mol. The Bertz CT molecular complexity index is 1050. The number of fused-ring (bicyclic) bond motifs is 1. The normalized spacial score (nSPS) is 11.3. The molecule has 0 radical (unpaired) electrons. The first-order valence-corrected chi connectivity index (χ1v) is 8.59. The molecule has 0 bridgehead atoms. The van der Waals surface area contributed by atoms with E-state index < -0.39 is 12.1 Å². The van der Waals surface area contributed by atoms with Gasteiger partial charge < -0.3 is 16.6 Å². The summed E-state index contributed by atoms with van der Waals surface area (Å²) in [6.07, 6.45) is -3.31. The van der Waals surface area contributed by atoms with Crippen molar-refractivity contribution in [3.8, 4) is 11.3 Å². The lowest BCUT2D eigenvalue weighted by Gasteiger charge is -2.16. The predicted octanol–water partition coefficient (Wildman–Crippen LogP) is 3.30. The maximum atomic E-state index is 10.6. The molecule has 10 heteroatoms. The average molecular weight is 409 g/mol. The van der Waals surface area contributed by atoms with Crippen LogP contribution in [0.15, 0.2) is 18.3 Å². The van der Waals surface area contributed by atoms with Crippen LogP contribution in [0.3, 0.4) is 0 Å². The Kier molecular flexibility index (Phi) is 6.17. The third-order valence-electron chi connectivity index (χ3n) is 4.32. The summed E-state index contributed by atoms with van der Waals surface area (Å²) in [5.74, 6) is -2.19. The Hall–Kier alpha value is -3.14. The molecule has 0 spiro atoms. The molecule has 0 fully saturated rings. The molecule has 1 aromatic carbocycles. The number of nitrogen functional groups attached to an aromatic ring is 1. The van der Waals surface area contributed by atoms with E-state index in [-0.39, 0.29) is 0 Å². The van der Waals surface area contributed by atoms with E-state index in [0.29, 0.717) is 12.4 Å². The van der Waals surface area contributed by atoms with Crippen molar-refractivity contribution >= 4 is 17.4 Å². The van der Waals surface area contributed by atoms with Gasteiger partial charge in [-0.1, -0.05) is 17.7 Å². The molecule has 0 amide bonds. The van der Waals surface area contributed by atoms with Gasteiger partial charge >= 0.3 is 12.1 Å². The Labute approximate surface area is 165 Å². The van der Waals surface area contributed by atoms with E-state index in [1.165, 1.54) is 16.7 Å². The van der Waals surface area contributed by atoms with Crippen LogP contribution in [-0.4, -0.2) is 31.9 Å². The number of halogens is 3. The third kappa shape index (κ3) is 4.48. The van der Waals surface area contributed by atoms with E-state index in [2.05, 4.69) is 38.0 Å². The molecule has 0 saturated heterocycles. The molecule has 2 heterocycles. The number of aromatic nitrogens is 3. The first-order valence-electron chi connectivity index (χ1n) is 8.59. The number of hydrogen-bond donors (Lipinski definition) is 3. The Morgan fingerprint density at radius 3 is 2.10 bits per heavy atom. The molecule has 0 aliphatic rings. The summed E-state index contributed by atoms with van der Waals surface area (Å²) in [5.41, 5.74) is 20.4. The van der Waals surface area contributed by atoms with Gasteiger partial charge in [0.25, 0.3) is 0 Å². The van der Waals surface area contributed by atoms with E-state index in [1.54, 1.807) is 10.7 Å². The molecular formula is C19H22F3N5O2. The van der Waals surface area contributed by atoms with Gasteiger partial charge in [0.05, 0.1) is 11.9 Å². The van der Waals surface area contributed by atoms with Crippen molar-refractivity contribution in [3.63, 3.8) is 0 Å². The van der Waals surface area contributed by atoms with Gasteiger partial charge in [0, 0.05) is 23.2 Å². The van der Waals surface area contributed by atoms with Crippen molar-refractivity contribution < 1.29 is 23.1 Å². The minimum absolute atomic E-state index is 0.329. The summed E-state index contributed by atoms with van der Waals surface area (Å²) in [6, 6.07) is 4.32. The van der Waals surface area contributed by atoms with Crippen LogP contribution in [0.1, 0.15) is 27.8 Å². The van der Waals surface area contributed by atoms with Gasteiger partial charge in [-0.2, -0.15) is 22.8 Å². The number of nitrogens with two attached hydrogens (primary N) is 2. The Morgan fingerprint density at radius 2 is 1.66 bits per heavy atom. The average Bonchev–Trinajstić information content (AvgIpc) is 2.95. The van der Waals surface area contributed by atoms with Gasteiger partial charge in [-0.05, 0) is 38.8 Å². The van der Waals surface area contributed by atoms with Crippen LogP contribution in [0.2, 0.25) is 0 Å². The number of nitrogens with zero attached hydrogens (tertiary/aromatic N) is 3. The number of rotatable bonds is 2. The SMILES string of the molecule is Cc1cc(C)c(-c2nc3c(C)cnn3c(N)c2CN)c(C)c1.O=C(O)C(F)(F)F. The first kappa shape index (κ1) is 22.2. The summed E-state index contributed by atoms with van der Waals surface area (Å²) in [5, 5.41) is 11.4. The van der Waals surface area contributed by atoms with Crippen molar-refractivity contribution in [2.45, 2.75) is 40.4 Å². The highest BCUT2D eigenvalue weighted by molar-refractivity contribution is 5.76. The Morgan fingerprint density at radius 1 is 1.14 bits per heavy atom. The molecule has 3 rings (SSSR count). The summed E-state index contributed by atoms with van der Waals surface area (Å²) in [7, 11) is 0. The lowest BCUT2D eigenvalue weighted by molar-refractivity contribution is -0.192. The minimum Gasteiger partial charge on any atom is -0.475 e. The number of carbonyl (C=O) groups is 1. The van der Waals surface area contributed by atoms with Crippen molar-refractivity contribution in [1.82, 2.24) is 14.6 Å². The molecule has 5 N–H and O–H groups in total. The number of anilines is 1. The summed E-state index contributed by atoms with van der Waals surface area (Å²) < 4.78 is 33.4. The number of alkyl halides is 3. The molecule has 0 aliphatic carbocycles. The highest BCUT2D eigenvalue weighted by atomic mass is 19.4. The van der Waals surface area contributed by atoms with Gasteiger partial charge in [-0.15, -0.1) is 0 Å². The van der Waals surface area contributed by atoms with Crippen LogP contribution in [0, 0.1) is 27.7 Å². The van der Waals surface area contributed by atoms with Crippen molar-refractivity contribution in [3.05, 3.63) is 46.1 Å². The smallest absolute Gasteiger partial charge is 0.475 e. The molecule has 7 nitrogen and oxygen atoms in total. The number of carboxylic acid groups (broad SMARTS) is 1. The highest BCUT2D eigenvalue weighted by Crippen LogP contribution is 2.33. The van der Waals surface area contributed by atoms with E-state index >= 15 is 0 Å². The van der Waals surface area contributed by atoms with Crippen LogP contribution in [0.4, 0.5) is 19.0 Å². The maximum absolute atomic E-state index is 10.6. The predicted molar refractivity (Wildman–Crippen MR) is 103 cm³/mol. The summed E-state index contributed by atoms with van der Waals surface area (Å²) in [6.45, 7) is 8.60. The van der Waals surface area contributed by atoms with Gasteiger partial charge in [0.2, 0.25) is 0 Å². The maximum Gasteiger partial charge on any atom is 0.490 e. The number of benzene rings is 1. The van der Waals surface area contributed by atoms with E-state index in [4.69, 9.17) is 26.4 Å². The molecule has 156 valence electrons. The quantitative estimate of drug-likeness (QED) is 0.597. The number of aliphatic carboxylic acids is 1. The fourth-order valence-corrected chi connectivity index (χ4v) is 3.12.